The second-order valence-corrected chi connectivity index (χ2v) is 4.52. The molecule has 1 unspecified atom stereocenters. The fraction of sp³-hybridized carbons (Fsp3) is 0.600. The largest absolute Gasteiger partial charge is 0.481 e. The van der Waals surface area contributed by atoms with E-state index in [0.29, 0.717) is 0 Å². The Bertz CT molecular complexity index is 427. The van der Waals surface area contributed by atoms with E-state index < -0.39 is 38.7 Å². The van der Waals surface area contributed by atoms with Crippen LogP contribution in [0.25, 0.3) is 0 Å². The van der Waals surface area contributed by atoms with E-state index in [1.807, 2.05) is 0 Å². The Morgan fingerprint density at radius 2 is 1.10 bits per heavy atom. The van der Waals surface area contributed by atoms with Gasteiger partial charge in [-0.15, -0.1) is 0 Å². The number of carboxylic acid groups (broad SMARTS) is 2. The van der Waals surface area contributed by atoms with Gasteiger partial charge in [-0.25, -0.2) is 0 Å². The van der Waals surface area contributed by atoms with Crippen LogP contribution in [0.15, 0.2) is 0 Å². The maximum atomic E-state index is 9.97. The first-order valence-electron chi connectivity index (χ1n) is 3.88. The minimum absolute atomic E-state index is 0. The van der Waals surface area contributed by atoms with Gasteiger partial charge >= 0.3 is 32.7 Å². The smallest absolute Gasteiger partial charge is 0.394 e. The van der Waals surface area contributed by atoms with Crippen LogP contribution < -0.4 is 0 Å². The van der Waals surface area contributed by atoms with Crippen LogP contribution in [0.3, 0.4) is 0 Å². The number of carbonyl (C=O) groups is 2. The van der Waals surface area contributed by atoms with E-state index >= 15 is 0 Å². The maximum absolute atomic E-state index is 9.97. The number of carboxylic acids is 2. The molecule has 0 heterocycles. The van der Waals surface area contributed by atoms with E-state index in [1.165, 1.54) is 6.92 Å². The molecule has 8 N–H and O–H groups in total. The third kappa shape index (κ3) is 92.3. The van der Waals surface area contributed by atoms with Crippen LogP contribution in [0.5, 0.6) is 0 Å². The summed E-state index contributed by atoms with van der Waals surface area (Å²) in [6.07, 6.45) is -0.310. The van der Waals surface area contributed by atoms with Crippen LogP contribution in [0.2, 0.25) is 0 Å². The van der Waals surface area contributed by atoms with Crippen molar-refractivity contribution in [2.24, 2.45) is 5.92 Å². The number of rotatable bonds is 3. The van der Waals surface area contributed by atoms with Gasteiger partial charge in [0.1, 0.15) is 0 Å². The normalized spacial score (nSPS) is 11.4. The molecular weight excluding hydrogens is 332 g/mol. The highest BCUT2D eigenvalue weighted by atomic mass is 32.3. The number of hydrogen-bond donors (Lipinski definition) is 6. The van der Waals surface area contributed by atoms with Crippen molar-refractivity contribution in [3.63, 3.8) is 0 Å². The zero-order chi connectivity index (χ0) is 16.4. The summed E-state index contributed by atoms with van der Waals surface area (Å²) in [7, 11) is -9.33. The molecule has 0 saturated heterocycles. The quantitative estimate of drug-likeness (QED) is 0.305. The van der Waals surface area contributed by atoms with Gasteiger partial charge in [-0.1, -0.05) is 6.92 Å². The molecule has 0 spiro atoms. The minimum Gasteiger partial charge on any atom is -0.481 e. The van der Waals surface area contributed by atoms with Gasteiger partial charge < -0.3 is 15.7 Å². The minimum atomic E-state index is -4.67. The third-order valence-electron chi connectivity index (χ3n) is 0.902. The molecular formula is C5H14O13S2. The monoisotopic (exact) mass is 346 g/mol. The van der Waals surface area contributed by atoms with E-state index in [2.05, 4.69) is 0 Å². The van der Waals surface area contributed by atoms with Crippen molar-refractivity contribution in [1.82, 2.24) is 0 Å². The Hall–Kier alpha value is -1.36. The Morgan fingerprint density at radius 1 is 0.900 bits per heavy atom. The molecule has 0 aromatic heterocycles. The van der Waals surface area contributed by atoms with E-state index in [1.54, 1.807) is 0 Å². The Labute approximate surface area is 113 Å². The third-order valence-corrected chi connectivity index (χ3v) is 0.902. The Balaban J connectivity index is -0.000000101. The summed E-state index contributed by atoms with van der Waals surface area (Å²) in [5.74, 6) is -2.94. The molecule has 13 nitrogen and oxygen atoms in total. The van der Waals surface area contributed by atoms with Gasteiger partial charge in [-0.3, -0.25) is 27.8 Å². The van der Waals surface area contributed by atoms with E-state index in [9.17, 15) is 9.59 Å². The van der Waals surface area contributed by atoms with Crippen LogP contribution in [0.4, 0.5) is 0 Å². The number of aliphatic carboxylic acids is 2. The van der Waals surface area contributed by atoms with E-state index in [-0.39, 0.29) is 11.9 Å². The molecule has 0 fully saturated rings. The fourth-order valence-electron chi connectivity index (χ4n) is 0.349. The average molecular weight is 346 g/mol. The predicted octanol–water partition coefficient (Wildman–Crippen LogP) is -1.95. The first-order chi connectivity index (χ1) is 8.04. The molecule has 0 aliphatic heterocycles. The van der Waals surface area contributed by atoms with Crippen molar-refractivity contribution in [3.05, 3.63) is 0 Å². The maximum Gasteiger partial charge on any atom is 0.394 e. The number of hydrogen-bond acceptors (Lipinski definition) is 6. The van der Waals surface area contributed by atoms with E-state index in [0.717, 1.165) is 0 Å². The molecule has 124 valence electrons. The molecule has 15 heteroatoms. The second kappa shape index (κ2) is 11.5. The van der Waals surface area contributed by atoms with Crippen molar-refractivity contribution < 1.29 is 60.3 Å². The summed E-state index contributed by atoms with van der Waals surface area (Å²) in [5, 5.41) is 16.2. The molecule has 0 aliphatic carbocycles. The highest BCUT2D eigenvalue weighted by molar-refractivity contribution is 7.80. The van der Waals surface area contributed by atoms with Crippen LogP contribution in [-0.2, 0) is 30.4 Å². The van der Waals surface area contributed by atoms with Crippen molar-refractivity contribution in [2.45, 2.75) is 13.3 Å². The summed E-state index contributed by atoms with van der Waals surface area (Å²) < 4.78 is 63.2. The molecule has 0 aliphatic rings. The summed E-state index contributed by atoms with van der Waals surface area (Å²) in [6.45, 7) is 1.36. The highest BCUT2D eigenvalue weighted by Crippen LogP contribution is 1.99. The van der Waals surface area contributed by atoms with Crippen LogP contribution in [-0.4, -0.2) is 62.7 Å². The first-order valence-corrected chi connectivity index (χ1v) is 6.67. The second-order valence-electron chi connectivity index (χ2n) is 2.73. The van der Waals surface area contributed by atoms with Gasteiger partial charge in [0.15, 0.2) is 0 Å². The standard InChI is InChI=1S/C5H8O4.2H2O4S.H2O/c1-3(5(8)9)2-4(6)7;2*1-5(2,3)4;/h3H,2H2,1H3,(H,6,7)(H,8,9);2*(H2,1,2,3,4);1H2. The SMILES string of the molecule is CC(CC(=O)O)C(=O)O.O.O=S(=O)(O)O.O=S(=O)(O)O. The zero-order valence-electron chi connectivity index (χ0n) is 9.73. The fourth-order valence-corrected chi connectivity index (χ4v) is 0.349. The van der Waals surface area contributed by atoms with Crippen LogP contribution in [0.1, 0.15) is 13.3 Å². The topological polar surface area (TPSA) is 255 Å². The lowest BCUT2D eigenvalue weighted by molar-refractivity contribution is -0.147. The molecule has 20 heavy (non-hydrogen) atoms. The zero-order valence-corrected chi connectivity index (χ0v) is 11.4. The van der Waals surface area contributed by atoms with Crippen LogP contribution >= 0.6 is 0 Å². The van der Waals surface area contributed by atoms with Crippen molar-refractivity contribution >= 4 is 32.7 Å². The van der Waals surface area contributed by atoms with Gasteiger partial charge in [0.25, 0.3) is 0 Å². The molecule has 0 aromatic rings. The lowest BCUT2D eigenvalue weighted by atomic mass is 10.1. The van der Waals surface area contributed by atoms with Crippen molar-refractivity contribution in [1.29, 1.82) is 0 Å². The Kier molecular flexibility index (Phi) is 15.5. The predicted molar refractivity (Wildman–Crippen MR) is 61.0 cm³/mol. The lowest BCUT2D eigenvalue weighted by Gasteiger charge is -1.98. The van der Waals surface area contributed by atoms with Crippen LogP contribution in [0, 0.1) is 5.92 Å². The molecule has 0 rings (SSSR count). The van der Waals surface area contributed by atoms with Gasteiger partial charge in [0.05, 0.1) is 12.3 Å². The summed E-state index contributed by atoms with van der Waals surface area (Å²) in [5.41, 5.74) is 0. The highest BCUT2D eigenvalue weighted by Gasteiger charge is 2.13. The molecule has 0 saturated carbocycles. The van der Waals surface area contributed by atoms with Gasteiger partial charge in [0.2, 0.25) is 0 Å². The summed E-state index contributed by atoms with van der Waals surface area (Å²) >= 11 is 0. The summed E-state index contributed by atoms with van der Waals surface area (Å²) in [4.78, 5) is 19.8. The Morgan fingerprint density at radius 3 is 1.15 bits per heavy atom. The molecule has 1 atom stereocenters. The van der Waals surface area contributed by atoms with Gasteiger partial charge in [0, 0.05) is 0 Å². The molecule has 0 aromatic carbocycles. The van der Waals surface area contributed by atoms with Crippen molar-refractivity contribution in [3.8, 4) is 0 Å². The summed E-state index contributed by atoms with van der Waals surface area (Å²) in [6, 6.07) is 0. The first kappa shape index (κ1) is 27.1. The molecule has 0 amide bonds. The average Bonchev–Trinajstić information content (AvgIpc) is 1.94. The van der Waals surface area contributed by atoms with Gasteiger partial charge in [-0.2, -0.15) is 16.8 Å². The van der Waals surface area contributed by atoms with Crippen molar-refractivity contribution in [2.75, 3.05) is 0 Å². The van der Waals surface area contributed by atoms with E-state index in [4.69, 9.17) is 45.3 Å². The molecule has 0 bridgehead atoms. The van der Waals surface area contributed by atoms with Gasteiger partial charge in [-0.05, 0) is 0 Å². The lowest BCUT2D eigenvalue weighted by Crippen LogP contribution is -2.13. The molecule has 0 radical (unpaired) electrons.